The molecule has 0 spiro atoms. The van der Waals surface area contributed by atoms with Gasteiger partial charge in [0.15, 0.2) is 0 Å². The fourth-order valence-corrected chi connectivity index (χ4v) is 3.83. The average Bonchev–Trinajstić information content (AvgIpc) is 3.23. The van der Waals surface area contributed by atoms with E-state index in [9.17, 15) is 5.11 Å². The summed E-state index contributed by atoms with van der Waals surface area (Å²) in [6.07, 6.45) is 4.32. The third-order valence-electron chi connectivity index (χ3n) is 5.31. The third-order valence-corrected chi connectivity index (χ3v) is 5.31. The fraction of sp³-hybridized carbons (Fsp3) is 0.429. The molecule has 0 radical (unpaired) electrons. The van der Waals surface area contributed by atoms with Crippen molar-refractivity contribution in [3.05, 3.63) is 71.3 Å². The van der Waals surface area contributed by atoms with Gasteiger partial charge < -0.3 is 5.11 Å². The molecule has 0 fully saturated rings. The van der Waals surface area contributed by atoms with E-state index >= 15 is 0 Å². The largest absolute Gasteiger partial charge is 0.380 e. The first kappa shape index (κ1) is 17.9. The molecule has 0 unspecified atom stereocenters. The molecule has 0 bridgehead atoms. The lowest BCUT2D eigenvalue weighted by Gasteiger charge is -2.19. The van der Waals surface area contributed by atoms with Gasteiger partial charge in [-0.2, -0.15) is 10.2 Å². The van der Waals surface area contributed by atoms with Crippen LogP contribution in [-0.2, 0) is 26.6 Å². The molecule has 1 atom stereocenters. The Balaban J connectivity index is 1.40. The Kier molecular flexibility index (Phi) is 5.36. The van der Waals surface area contributed by atoms with Crippen LogP contribution in [0.2, 0.25) is 0 Å². The minimum absolute atomic E-state index is 0.708. The van der Waals surface area contributed by atoms with Crippen LogP contribution < -0.4 is 0 Å². The molecule has 0 aliphatic carbocycles. The summed E-state index contributed by atoms with van der Waals surface area (Å²) in [5.41, 5.74) is 4.06. The van der Waals surface area contributed by atoms with E-state index in [1.165, 1.54) is 11.3 Å². The molecule has 0 amide bonds. The highest BCUT2D eigenvalue weighted by Gasteiger charge is 2.22. The summed E-state index contributed by atoms with van der Waals surface area (Å²) < 4.78 is 3.76. The van der Waals surface area contributed by atoms with E-state index in [0.717, 1.165) is 51.1 Å². The third kappa shape index (κ3) is 4.12. The maximum absolute atomic E-state index is 10.7. The van der Waals surface area contributed by atoms with Crippen LogP contribution in [0.1, 0.15) is 41.6 Å². The van der Waals surface area contributed by atoms with Crippen molar-refractivity contribution in [2.45, 2.75) is 38.5 Å². The summed E-state index contributed by atoms with van der Waals surface area (Å²) in [5.74, 6) is 0. The fourth-order valence-electron chi connectivity index (χ4n) is 3.83. The van der Waals surface area contributed by atoms with E-state index < -0.39 is 6.10 Å². The molecule has 142 valence electrons. The Bertz CT molecular complexity index is 870. The van der Waals surface area contributed by atoms with Gasteiger partial charge in [0.1, 0.15) is 6.10 Å². The number of aliphatic hydroxyl groups is 1. The second-order valence-electron chi connectivity index (χ2n) is 7.28. The zero-order valence-electron chi connectivity index (χ0n) is 15.8. The maximum Gasteiger partial charge on any atom is 0.139 e. The number of fused-ring (bicyclic) bond motifs is 1. The zero-order chi connectivity index (χ0) is 18.6. The molecule has 0 saturated carbocycles. The number of hydrogen-bond donors (Lipinski definition) is 1. The quantitative estimate of drug-likeness (QED) is 0.729. The lowest BCUT2D eigenvalue weighted by Crippen LogP contribution is -2.24. The van der Waals surface area contributed by atoms with Crippen molar-refractivity contribution in [2.24, 2.45) is 7.05 Å². The van der Waals surface area contributed by atoms with E-state index in [1.54, 1.807) is 10.9 Å². The number of nitrogens with zero attached hydrogens (tertiary/aromatic N) is 5. The average molecular weight is 365 g/mol. The Morgan fingerprint density at radius 3 is 2.78 bits per heavy atom. The van der Waals surface area contributed by atoms with Crippen LogP contribution >= 0.6 is 0 Å². The van der Waals surface area contributed by atoms with Gasteiger partial charge in [-0.15, -0.1) is 0 Å². The Morgan fingerprint density at radius 1 is 1.15 bits per heavy atom. The molecule has 6 nitrogen and oxygen atoms in total. The van der Waals surface area contributed by atoms with Gasteiger partial charge in [0.25, 0.3) is 0 Å². The smallest absolute Gasteiger partial charge is 0.139 e. The Labute approximate surface area is 160 Å². The van der Waals surface area contributed by atoms with Crippen molar-refractivity contribution in [3.8, 4) is 0 Å². The molecule has 1 N–H and O–H groups in total. The molecule has 6 heteroatoms. The second-order valence-corrected chi connectivity index (χ2v) is 7.28. The van der Waals surface area contributed by atoms with Gasteiger partial charge >= 0.3 is 0 Å². The Morgan fingerprint density at radius 2 is 2.00 bits per heavy atom. The molecular weight excluding hydrogens is 338 g/mol. The van der Waals surface area contributed by atoms with Crippen LogP contribution in [0.15, 0.2) is 48.7 Å². The minimum atomic E-state index is -0.733. The highest BCUT2D eigenvalue weighted by molar-refractivity contribution is 5.21. The van der Waals surface area contributed by atoms with E-state index in [2.05, 4.69) is 50.1 Å². The van der Waals surface area contributed by atoms with Crippen molar-refractivity contribution in [3.63, 3.8) is 0 Å². The first-order chi connectivity index (χ1) is 13.2. The molecule has 3 aromatic rings. The molecule has 0 saturated heterocycles. The lowest BCUT2D eigenvalue weighted by atomic mass is 10.1. The number of rotatable bonds is 6. The molecule has 1 aromatic carbocycles. The van der Waals surface area contributed by atoms with Crippen molar-refractivity contribution in [1.82, 2.24) is 24.5 Å². The number of aromatic nitrogens is 4. The van der Waals surface area contributed by atoms with Crippen LogP contribution in [0.3, 0.4) is 0 Å². The Hall–Kier alpha value is -2.44. The van der Waals surface area contributed by atoms with Gasteiger partial charge in [-0.05, 0) is 43.5 Å². The highest BCUT2D eigenvalue weighted by Crippen LogP contribution is 2.23. The molecule has 3 heterocycles. The predicted molar refractivity (Wildman–Crippen MR) is 104 cm³/mol. The van der Waals surface area contributed by atoms with E-state index in [1.807, 2.05) is 19.2 Å². The van der Waals surface area contributed by atoms with Crippen molar-refractivity contribution in [2.75, 3.05) is 13.1 Å². The molecule has 1 aliphatic heterocycles. The van der Waals surface area contributed by atoms with E-state index in [0.29, 0.717) is 5.69 Å². The van der Waals surface area contributed by atoms with Gasteiger partial charge in [-0.25, -0.2) is 0 Å². The number of aryl methyl sites for hydroxylation is 3. The standard InChI is InChI=1S/C21H27N5O/c1-24-20(10-11-22-24)21(27)19-15-18-16-25(13-6-14-26(18)23-19)12-5-9-17-7-3-2-4-8-17/h2-4,7-8,10-11,15,21,27H,5-6,9,12-14,16H2,1H3/t21-/m0/s1. The van der Waals surface area contributed by atoms with Crippen LogP contribution in [0, 0.1) is 0 Å². The molecular formula is C21H27N5O. The topological polar surface area (TPSA) is 59.1 Å². The van der Waals surface area contributed by atoms with Gasteiger partial charge in [0, 0.05) is 32.9 Å². The molecule has 2 aromatic heterocycles. The molecule has 27 heavy (non-hydrogen) atoms. The summed E-state index contributed by atoms with van der Waals surface area (Å²) in [6, 6.07) is 14.6. The maximum atomic E-state index is 10.7. The normalized spacial score (nSPS) is 16.1. The first-order valence-corrected chi connectivity index (χ1v) is 9.69. The second kappa shape index (κ2) is 8.06. The monoisotopic (exact) mass is 365 g/mol. The summed E-state index contributed by atoms with van der Waals surface area (Å²) in [5, 5.41) is 19.5. The van der Waals surface area contributed by atoms with Gasteiger partial charge in [-0.3, -0.25) is 14.3 Å². The lowest BCUT2D eigenvalue weighted by molar-refractivity contribution is 0.203. The van der Waals surface area contributed by atoms with Gasteiger partial charge in [0.05, 0.1) is 17.1 Å². The van der Waals surface area contributed by atoms with Gasteiger partial charge in [-0.1, -0.05) is 30.3 Å². The number of hydrogen-bond acceptors (Lipinski definition) is 4. The SMILES string of the molecule is Cn1nccc1[C@@H](O)c1cc2n(n1)CCCN(CCCc1ccccc1)C2. The highest BCUT2D eigenvalue weighted by atomic mass is 16.3. The first-order valence-electron chi connectivity index (χ1n) is 9.69. The predicted octanol–water partition coefficient (Wildman–Crippen LogP) is 2.54. The van der Waals surface area contributed by atoms with E-state index in [-0.39, 0.29) is 0 Å². The molecule has 1 aliphatic rings. The van der Waals surface area contributed by atoms with Crippen LogP contribution in [0.4, 0.5) is 0 Å². The van der Waals surface area contributed by atoms with E-state index in [4.69, 9.17) is 0 Å². The summed E-state index contributed by atoms with van der Waals surface area (Å²) in [4.78, 5) is 2.50. The van der Waals surface area contributed by atoms with Crippen LogP contribution in [-0.4, -0.2) is 42.7 Å². The van der Waals surface area contributed by atoms with Gasteiger partial charge in [0.2, 0.25) is 0 Å². The minimum Gasteiger partial charge on any atom is -0.380 e. The van der Waals surface area contributed by atoms with Crippen LogP contribution in [0.5, 0.6) is 0 Å². The molecule has 4 rings (SSSR count). The number of aliphatic hydroxyl groups excluding tert-OH is 1. The van der Waals surface area contributed by atoms with Crippen molar-refractivity contribution >= 4 is 0 Å². The van der Waals surface area contributed by atoms with Crippen LogP contribution in [0.25, 0.3) is 0 Å². The summed E-state index contributed by atoms with van der Waals surface area (Å²) in [6.45, 7) is 3.97. The van der Waals surface area contributed by atoms with Crippen molar-refractivity contribution in [1.29, 1.82) is 0 Å². The number of benzene rings is 1. The summed E-state index contributed by atoms with van der Waals surface area (Å²) in [7, 11) is 1.84. The zero-order valence-corrected chi connectivity index (χ0v) is 15.8. The summed E-state index contributed by atoms with van der Waals surface area (Å²) >= 11 is 0. The van der Waals surface area contributed by atoms with Crippen molar-refractivity contribution < 1.29 is 5.11 Å².